The van der Waals surface area contributed by atoms with Gasteiger partial charge in [-0.1, -0.05) is 13.8 Å². The number of nitrogens with zero attached hydrogens (tertiary/aromatic N) is 2. The second-order valence-corrected chi connectivity index (χ2v) is 6.41. The molecule has 22 heavy (non-hydrogen) atoms. The van der Waals surface area contributed by atoms with Crippen LogP contribution in [0.5, 0.6) is 5.75 Å². The molecule has 5 nitrogen and oxygen atoms in total. The fourth-order valence-corrected chi connectivity index (χ4v) is 2.95. The fraction of sp³-hybridized carbons (Fsp3) is 0.588. The Balaban J connectivity index is 1.80. The molecule has 0 saturated carbocycles. The monoisotopic (exact) mass is 303 g/mol. The number of hydrogen-bond donors (Lipinski definition) is 1. The Morgan fingerprint density at radius 2 is 2.05 bits per heavy atom. The maximum absolute atomic E-state index is 12.1. The van der Waals surface area contributed by atoms with Crippen molar-refractivity contribution in [3.05, 3.63) is 18.2 Å². The van der Waals surface area contributed by atoms with E-state index in [4.69, 9.17) is 4.74 Å². The molecular weight excluding hydrogens is 278 g/mol. The van der Waals surface area contributed by atoms with Crippen LogP contribution in [0.15, 0.2) is 18.2 Å². The minimum Gasteiger partial charge on any atom is -0.481 e. The van der Waals surface area contributed by atoms with E-state index in [0.29, 0.717) is 5.92 Å². The van der Waals surface area contributed by atoms with E-state index < -0.39 is 0 Å². The van der Waals surface area contributed by atoms with E-state index in [1.54, 1.807) is 0 Å². The van der Waals surface area contributed by atoms with Gasteiger partial charge >= 0.3 is 0 Å². The van der Waals surface area contributed by atoms with Crippen LogP contribution in [0, 0.1) is 5.92 Å². The first kappa shape index (κ1) is 15.2. The number of piperazine rings is 1. The fourth-order valence-electron chi connectivity index (χ4n) is 2.95. The summed E-state index contributed by atoms with van der Waals surface area (Å²) in [4.78, 5) is 16.4. The lowest BCUT2D eigenvalue weighted by Gasteiger charge is -2.33. The molecule has 0 unspecified atom stereocenters. The Kier molecular flexibility index (Phi) is 4.52. The second kappa shape index (κ2) is 6.57. The molecule has 1 saturated heterocycles. The maximum Gasteiger partial charge on any atom is 0.265 e. The summed E-state index contributed by atoms with van der Waals surface area (Å²) in [5.41, 5.74) is 2.09. The van der Waals surface area contributed by atoms with Crippen LogP contribution in [0.4, 0.5) is 11.4 Å². The summed E-state index contributed by atoms with van der Waals surface area (Å²) in [7, 11) is 0. The average molecular weight is 303 g/mol. The van der Waals surface area contributed by atoms with Gasteiger partial charge in [-0.3, -0.25) is 4.79 Å². The minimum absolute atomic E-state index is 0.0584. The van der Waals surface area contributed by atoms with Gasteiger partial charge in [0.05, 0.1) is 5.69 Å². The molecule has 0 aliphatic carbocycles. The van der Waals surface area contributed by atoms with Crippen LogP contribution >= 0.6 is 0 Å². The van der Waals surface area contributed by atoms with Crippen molar-refractivity contribution in [1.82, 2.24) is 5.32 Å². The standard InChI is InChI=1S/C17H25N3O2/c1-13(2)5-8-20-15-4-3-14(19-9-6-18-7-10-19)11-16(15)22-12-17(20)21/h3-4,11,13,18H,5-10,12H2,1-2H3. The van der Waals surface area contributed by atoms with E-state index >= 15 is 0 Å². The number of ether oxygens (including phenoxy) is 1. The molecule has 1 aromatic carbocycles. The molecule has 0 spiro atoms. The highest BCUT2D eigenvalue weighted by molar-refractivity contribution is 5.98. The third-order valence-electron chi connectivity index (χ3n) is 4.30. The smallest absolute Gasteiger partial charge is 0.265 e. The highest BCUT2D eigenvalue weighted by Crippen LogP contribution is 2.36. The molecule has 1 N–H and O–H groups in total. The van der Waals surface area contributed by atoms with Crippen LogP contribution in [0.2, 0.25) is 0 Å². The largest absolute Gasteiger partial charge is 0.481 e. The van der Waals surface area contributed by atoms with Crippen LogP contribution in [0.25, 0.3) is 0 Å². The van der Waals surface area contributed by atoms with Crippen molar-refractivity contribution >= 4 is 17.3 Å². The first-order valence-corrected chi connectivity index (χ1v) is 8.18. The summed E-state index contributed by atoms with van der Waals surface area (Å²) < 4.78 is 5.67. The molecule has 1 aromatic rings. The third kappa shape index (κ3) is 3.19. The van der Waals surface area contributed by atoms with Gasteiger partial charge in [0.15, 0.2) is 6.61 Å². The van der Waals surface area contributed by atoms with E-state index in [2.05, 4.69) is 36.2 Å². The van der Waals surface area contributed by atoms with E-state index in [1.807, 2.05) is 11.0 Å². The van der Waals surface area contributed by atoms with Crippen molar-refractivity contribution in [1.29, 1.82) is 0 Å². The van der Waals surface area contributed by atoms with E-state index in [9.17, 15) is 4.79 Å². The first-order chi connectivity index (χ1) is 10.6. The first-order valence-electron chi connectivity index (χ1n) is 8.18. The van der Waals surface area contributed by atoms with Gasteiger partial charge in [0, 0.05) is 44.5 Å². The lowest BCUT2D eigenvalue weighted by molar-refractivity contribution is -0.121. The van der Waals surface area contributed by atoms with Crippen molar-refractivity contribution in [3.63, 3.8) is 0 Å². The summed E-state index contributed by atoms with van der Waals surface area (Å²) in [6, 6.07) is 6.22. The zero-order valence-electron chi connectivity index (χ0n) is 13.5. The van der Waals surface area contributed by atoms with E-state index in [-0.39, 0.29) is 12.5 Å². The highest BCUT2D eigenvalue weighted by atomic mass is 16.5. The van der Waals surface area contributed by atoms with E-state index in [0.717, 1.165) is 50.6 Å². The molecule has 0 radical (unpaired) electrons. The molecular formula is C17H25N3O2. The molecule has 0 atom stereocenters. The predicted octanol–water partition coefficient (Wildman–Crippen LogP) is 1.87. The molecule has 1 fully saturated rings. The molecule has 5 heteroatoms. The molecule has 0 aromatic heterocycles. The Morgan fingerprint density at radius 3 is 2.77 bits per heavy atom. The van der Waals surface area contributed by atoms with Crippen molar-refractivity contribution < 1.29 is 9.53 Å². The molecule has 3 rings (SSSR count). The van der Waals surface area contributed by atoms with Gasteiger partial charge in [0.1, 0.15) is 5.75 Å². The highest BCUT2D eigenvalue weighted by Gasteiger charge is 2.26. The number of nitrogens with one attached hydrogen (secondary N) is 1. The Bertz CT molecular complexity index is 539. The number of rotatable bonds is 4. The van der Waals surface area contributed by atoms with Gasteiger partial charge in [-0.25, -0.2) is 0 Å². The number of amides is 1. The topological polar surface area (TPSA) is 44.8 Å². The second-order valence-electron chi connectivity index (χ2n) is 6.41. The lowest BCUT2D eigenvalue weighted by Crippen LogP contribution is -2.43. The number of benzene rings is 1. The van der Waals surface area contributed by atoms with Crippen molar-refractivity contribution in [2.24, 2.45) is 5.92 Å². The number of hydrogen-bond acceptors (Lipinski definition) is 4. The minimum atomic E-state index is 0.0584. The Hall–Kier alpha value is -1.75. The predicted molar refractivity (Wildman–Crippen MR) is 88.8 cm³/mol. The maximum atomic E-state index is 12.1. The number of fused-ring (bicyclic) bond motifs is 1. The van der Waals surface area contributed by atoms with Crippen LogP contribution in [0.3, 0.4) is 0 Å². The zero-order valence-corrected chi connectivity index (χ0v) is 13.5. The van der Waals surface area contributed by atoms with E-state index in [1.165, 1.54) is 5.69 Å². The molecule has 0 bridgehead atoms. The quantitative estimate of drug-likeness (QED) is 0.922. The normalized spacial score (nSPS) is 18.4. The Morgan fingerprint density at radius 1 is 1.27 bits per heavy atom. The summed E-state index contributed by atoms with van der Waals surface area (Å²) >= 11 is 0. The summed E-state index contributed by atoms with van der Waals surface area (Å²) in [5.74, 6) is 1.47. The van der Waals surface area contributed by atoms with Gasteiger partial charge in [-0.05, 0) is 24.5 Å². The summed E-state index contributed by atoms with van der Waals surface area (Å²) in [6.45, 7) is 9.31. The summed E-state index contributed by atoms with van der Waals surface area (Å²) in [6.07, 6.45) is 1.00. The van der Waals surface area contributed by atoms with Gasteiger partial charge < -0.3 is 19.9 Å². The molecule has 2 heterocycles. The van der Waals surface area contributed by atoms with Crippen LogP contribution in [-0.2, 0) is 4.79 Å². The van der Waals surface area contributed by atoms with Gasteiger partial charge in [-0.2, -0.15) is 0 Å². The van der Waals surface area contributed by atoms with Gasteiger partial charge in [0.25, 0.3) is 5.91 Å². The third-order valence-corrected chi connectivity index (χ3v) is 4.30. The lowest BCUT2D eigenvalue weighted by atomic mass is 10.1. The molecule has 120 valence electrons. The SMILES string of the molecule is CC(C)CCN1C(=O)COc2cc(N3CCNCC3)ccc21. The van der Waals surface area contributed by atoms with Gasteiger partial charge in [-0.15, -0.1) is 0 Å². The zero-order chi connectivity index (χ0) is 15.5. The van der Waals surface area contributed by atoms with Crippen molar-refractivity contribution in [3.8, 4) is 5.75 Å². The molecule has 2 aliphatic rings. The number of carbonyl (C=O) groups is 1. The van der Waals surface area contributed by atoms with Crippen LogP contribution in [-0.4, -0.2) is 45.2 Å². The van der Waals surface area contributed by atoms with Crippen LogP contribution in [0.1, 0.15) is 20.3 Å². The number of anilines is 2. The number of carbonyl (C=O) groups excluding carboxylic acids is 1. The molecule has 2 aliphatic heterocycles. The summed E-state index contributed by atoms with van der Waals surface area (Å²) in [5, 5.41) is 3.36. The molecule has 1 amide bonds. The van der Waals surface area contributed by atoms with Crippen molar-refractivity contribution in [2.45, 2.75) is 20.3 Å². The Labute approximate surface area is 132 Å². The van der Waals surface area contributed by atoms with Crippen LogP contribution < -0.4 is 19.9 Å². The van der Waals surface area contributed by atoms with Crippen molar-refractivity contribution in [2.75, 3.05) is 49.1 Å². The average Bonchev–Trinajstić information content (AvgIpc) is 2.54. The van der Waals surface area contributed by atoms with Gasteiger partial charge in [0.2, 0.25) is 0 Å².